The van der Waals surface area contributed by atoms with E-state index in [4.69, 9.17) is 4.74 Å². The Balaban J connectivity index is 1.86. The van der Waals surface area contributed by atoms with Gasteiger partial charge in [-0.3, -0.25) is 0 Å². The van der Waals surface area contributed by atoms with Crippen molar-refractivity contribution in [3.05, 3.63) is 72.8 Å². The zero-order valence-electron chi connectivity index (χ0n) is 15.3. The number of aryl methyl sites for hydroxylation is 1. The van der Waals surface area contributed by atoms with Gasteiger partial charge in [-0.1, -0.05) is 30.3 Å². The third kappa shape index (κ3) is 2.41. The summed E-state index contributed by atoms with van der Waals surface area (Å²) in [6.07, 6.45) is 0. The van der Waals surface area contributed by atoms with Crippen molar-refractivity contribution < 1.29 is 9.30 Å². The van der Waals surface area contributed by atoms with Crippen LogP contribution in [0.5, 0.6) is 5.75 Å². The summed E-state index contributed by atoms with van der Waals surface area (Å²) in [5, 5.41) is 6.01. The van der Waals surface area contributed by atoms with Gasteiger partial charge in [-0.05, 0) is 30.3 Å². The van der Waals surface area contributed by atoms with Crippen molar-refractivity contribution in [2.75, 3.05) is 12.4 Å². The second-order valence-electron chi connectivity index (χ2n) is 6.70. The number of pyridine rings is 1. The molecule has 132 valence electrons. The maximum absolute atomic E-state index is 5.38. The van der Waals surface area contributed by atoms with Crippen molar-refractivity contribution in [2.24, 2.45) is 7.05 Å². The van der Waals surface area contributed by atoms with E-state index in [1.807, 2.05) is 18.2 Å². The van der Waals surface area contributed by atoms with Crippen molar-refractivity contribution >= 4 is 44.2 Å². The predicted molar refractivity (Wildman–Crippen MR) is 111 cm³/mol. The van der Waals surface area contributed by atoms with Crippen molar-refractivity contribution in [3.63, 3.8) is 0 Å². The molecule has 0 radical (unpaired) electrons. The number of aromatic amines is 1. The third-order valence-electron chi connectivity index (χ3n) is 5.14. The highest BCUT2D eigenvalue weighted by Gasteiger charge is 2.22. The number of ether oxygens (including phenoxy) is 1. The van der Waals surface area contributed by atoms with Crippen LogP contribution in [-0.4, -0.2) is 12.1 Å². The van der Waals surface area contributed by atoms with Crippen molar-refractivity contribution in [2.45, 2.75) is 0 Å². The lowest BCUT2D eigenvalue weighted by Gasteiger charge is -2.11. The van der Waals surface area contributed by atoms with Gasteiger partial charge < -0.3 is 15.0 Å². The lowest BCUT2D eigenvalue weighted by molar-refractivity contribution is -0.616. The summed E-state index contributed by atoms with van der Waals surface area (Å²) in [6, 6.07) is 24.9. The normalized spacial score (nSPS) is 11.3. The maximum atomic E-state index is 5.38. The molecule has 2 N–H and O–H groups in total. The molecule has 5 rings (SSSR count). The van der Waals surface area contributed by atoms with Crippen LogP contribution in [-0.2, 0) is 7.05 Å². The smallest absolute Gasteiger partial charge is 0.240 e. The van der Waals surface area contributed by atoms with E-state index in [-0.39, 0.29) is 0 Å². The number of nitrogens with one attached hydrogen (secondary N) is 2. The number of H-pyrrole nitrogens is 1. The van der Waals surface area contributed by atoms with Gasteiger partial charge in [-0.2, -0.15) is 4.57 Å². The Bertz CT molecular complexity index is 1300. The average Bonchev–Trinajstić information content (AvgIpc) is 3.11. The fourth-order valence-electron chi connectivity index (χ4n) is 3.86. The van der Waals surface area contributed by atoms with E-state index in [9.17, 15) is 0 Å². The molecule has 4 heteroatoms. The van der Waals surface area contributed by atoms with Gasteiger partial charge in [0.05, 0.1) is 29.1 Å². The maximum Gasteiger partial charge on any atom is 0.240 e. The van der Waals surface area contributed by atoms with Crippen molar-refractivity contribution in [3.8, 4) is 5.75 Å². The Morgan fingerprint density at radius 1 is 0.889 bits per heavy atom. The van der Waals surface area contributed by atoms with Crippen LogP contribution in [0.3, 0.4) is 0 Å². The van der Waals surface area contributed by atoms with Crippen LogP contribution >= 0.6 is 0 Å². The Morgan fingerprint density at radius 3 is 2.52 bits per heavy atom. The van der Waals surface area contributed by atoms with Crippen LogP contribution in [0.2, 0.25) is 0 Å². The molecule has 0 aliphatic carbocycles. The van der Waals surface area contributed by atoms with Gasteiger partial charge in [0.15, 0.2) is 0 Å². The van der Waals surface area contributed by atoms with E-state index < -0.39 is 0 Å². The molecule has 0 amide bonds. The summed E-state index contributed by atoms with van der Waals surface area (Å²) in [6.45, 7) is 0. The Hall–Kier alpha value is -3.53. The van der Waals surface area contributed by atoms with Crippen molar-refractivity contribution in [1.82, 2.24) is 4.98 Å². The summed E-state index contributed by atoms with van der Waals surface area (Å²) in [4.78, 5) is 3.61. The summed E-state index contributed by atoms with van der Waals surface area (Å²) >= 11 is 0. The molecule has 0 atom stereocenters. The number of hydrogen-bond donors (Lipinski definition) is 2. The van der Waals surface area contributed by atoms with Gasteiger partial charge >= 0.3 is 0 Å². The number of fused-ring (bicyclic) bond motifs is 4. The lowest BCUT2D eigenvalue weighted by Crippen LogP contribution is -2.30. The number of nitrogens with zero attached hydrogens (tertiary/aromatic N) is 1. The van der Waals surface area contributed by atoms with E-state index in [0.29, 0.717) is 0 Å². The van der Waals surface area contributed by atoms with Gasteiger partial charge in [0.25, 0.3) is 0 Å². The Labute approximate surface area is 157 Å². The molecular weight excluding hydrogens is 334 g/mol. The van der Waals surface area contributed by atoms with Crippen LogP contribution in [0.1, 0.15) is 0 Å². The summed E-state index contributed by atoms with van der Waals surface area (Å²) < 4.78 is 7.65. The highest BCUT2D eigenvalue weighted by atomic mass is 16.5. The molecule has 0 aliphatic heterocycles. The first-order valence-corrected chi connectivity index (χ1v) is 8.98. The molecule has 0 unspecified atom stereocenters. The van der Waals surface area contributed by atoms with Gasteiger partial charge in [-0.25, -0.2) is 0 Å². The quantitative estimate of drug-likeness (QED) is 0.445. The highest BCUT2D eigenvalue weighted by molar-refractivity contribution is 6.13. The molecule has 0 saturated heterocycles. The van der Waals surface area contributed by atoms with Crippen LogP contribution in [0.4, 0.5) is 11.4 Å². The monoisotopic (exact) mass is 354 g/mol. The van der Waals surface area contributed by atoms with Gasteiger partial charge in [-0.15, -0.1) is 0 Å². The van der Waals surface area contributed by atoms with Crippen molar-refractivity contribution in [1.29, 1.82) is 0 Å². The molecule has 27 heavy (non-hydrogen) atoms. The molecule has 5 aromatic rings. The first-order valence-electron chi connectivity index (χ1n) is 8.98. The number of benzene rings is 3. The number of aromatic nitrogens is 2. The summed E-state index contributed by atoms with van der Waals surface area (Å²) in [5.74, 6) is 0.832. The first-order chi connectivity index (χ1) is 13.3. The Kier molecular flexibility index (Phi) is 3.50. The predicted octanol–water partition coefficient (Wildman–Crippen LogP) is 5.05. The molecule has 3 aromatic carbocycles. The summed E-state index contributed by atoms with van der Waals surface area (Å²) in [7, 11) is 3.81. The largest absolute Gasteiger partial charge is 0.497 e. The number of methoxy groups -OCH3 is 1. The minimum absolute atomic E-state index is 0.832. The average molecular weight is 354 g/mol. The van der Waals surface area contributed by atoms with Gasteiger partial charge in [0, 0.05) is 17.8 Å². The molecular formula is C23H20N3O+. The SMILES string of the molecule is COc1cccc(Nc2c3ccccc3[n+](C)c3c2[nH]c2ccccc23)c1. The lowest BCUT2D eigenvalue weighted by atomic mass is 10.1. The van der Waals surface area contributed by atoms with E-state index in [2.05, 4.69) is 76.5 Å². The highest BCUT2D eigenvalue weighted by Crippen LogP contribution is 2.35. The van der Waals surface area contributed by atoms with E-state index in [0.717, 1.165) is 28.2 Å². The molecule has 0 fully saturated rings. The number of anilines is 2. The van der Waals surface area contributed by atoms with Crippen LogP contribution in [0.25, 0.3) is 32.8 Å². The number of para-hydroxylation sites is 2. The van der Waals surface area contributed by atoms with E-state index >= 15 is 0 Å². The van der Waals surface area contributed by atoms with Gasteiger partial charge in [0.1, 0.15) is 18.3 Å². The second-order valence-corrected chi connectivity index (χ2v) is 6.70. The van der Waals surface area contributed by atoms with E-state index in [1.54, 1.807) is 7.11 Å². The van der Waals surface area contributed by atoms with Crippen LogP contribution in [0, 0.1) is 0 Å². The summed E-state index contributed by atoms with van der Waals surface area (Å²) in [5.41, 5.74) is 6.67. The fourth-order valence-corrected chi connectivity index (χ4v) is 3.86. The minimum Gasteiger partial charge on any atom is -0.497 e. The Morgan fingerprint density at radius 2 is 1.67 bits per heavy atom. The number of rotatable bonds is 3. The zero-order chi connectivity index (χ0) is 18.4. The molecule has 0 aliphatic rings. The standard InChI is InChI=1S/C23H19N3O/c1-26-20-13-6-4-11-18(20)21(24-15-8-7-9-16(14-15)27-2)22-23(26)17-10-3-5-12-19(17)25-22/h3-14H,1-2H3,(H,24,25)/p+1. The first kappa shape index (κ1) is 15.7. The molecule has 2 aromatic heterocycles. The number of hydrogen-bond acceptors (Lipinski definition) is 2. The fraction of sp³-hybridized carbons (Fsp3) is 0.0870. The zero-order valence-corrected chi connectivity index (χ0v) is 15.3. The topological polar surface area (TPSA) is 40.9 Å². The minimum atomic E-state index is 0.832. The molecule has 2 heterocycles. The third-order valence-corrected chi connectivity index (χ3v) is 5.14. The molecule has 4 nitrogen and oxygen atoms in total. The van der Waals surface area contributed by atoms with Crippen LogP contribution in [0.15, 0.2) is 72.8 Å². The van der Waals surface area contributed by atoms with E-state index in [1.165, 1.54) is 21.8 Å². The second kappa shape index (κ2) is 6.02. The van der Waals surface area contributed by atoms with Crippen LogP contribution < -0.4 is 14.6 Å². The molecule has 0 spiro atoms. The molecule has 0 saturated carbocycles. The molecule has 0 bridgehead atoms. The van der Waals surface area contributed by atoms with Gasteiger partial charge in [0.2, 0.25) is 11.0 Å².